The van der Waals surface area contributed by atoms with Crippen LogP contribution in [0.25, 0.3) is 0 Å². The van der Waals surface area contributed by atoms with Crippen LogP contribution in [-0.2, 0) is 17.1 Å². The first kappa shape index (κ1) is 13.7. The number of aryl methyl sites for hydroxylation is 1. The number of piperidine rings is 1. The Kier molecular flexibility index (Phi) is 3.61. The average molecular weight is 312 g/mol. The second-order valence-electron chi connectivity index (χ2n) is 4.95. The maximum Gasteiger partial charge on any atom is 0.262 e. The van der Waals surface area contributed by atoms with Crippen LogP contribution in [0, 0.1) is 0 Å². The van der Waals surface area contributed by atoms with Crippen LogP contribution in [0.4, 0.5) is 0 Å². The second-order valence-corrected chi connectivity index (χ2v) is 7.76. The van der Waals surface area contributed by atoms with Gasteiger partial charge in [-0.3, -0.25) is 0 Å². The molecule has 3 heterocycles. The van der Waals surface area contributed by atoms with E-state index < -0.39 is 10.0 Å². The number of sulfonamides is 1. The van der Waals surface area contributed by atoms with Gasteiger partial charge in [-0.1, -0.05) is 0 Å². The second kappa shape index (κ2) is 5.27. The Bertz CT molecular complexity index is 678. The van der Waals surface area contributed by atoms with Crippen LogP contribution in [0.2, 0.25) is 0 Å². The van der Waals surface area contributed by atoms with E-state index in [1.807, 2.05) is 5.38 Å². The highest BCUT2D eigenvalue weighted by Gasteiger charge is 2.32. The number of imidazole rings is 1. The highest BCUT2D eigenvalue weighted by molar-refractivity contribution is 7.89. The molecule has 20 heavy (non-hydrogen) atoms. The zero-order valence-electron chi connectivity index (χ0n) is 11.1. The molecule has 0 amide bonds. The van der Waals surface area contributed by atoms with Gasteiger partial charge < -0.3 is 4.57 Å². The summed E-state index contributed by atoms with van der Waals surface area (Å²) in [5, 5.41) is 3.08. The van der Waals surface area contributed by atoms with Crippen LogP contribution < -0.4 is 0 Å². The van der Waals surface area contributed by atoms with Gasteiger partial charge in [0, 0.05) is 43.8 Å². The van der Waals surface area contributed by atoms with Crippen molar-refractivity contribution in [3.05, 3.63) is 29.1 Å². The Morgan fingerprint density at radius 1 is 1.40 bits per heavy atom. The molecular weight excluding hydrogens is 296 g/mol. The fourth-order valence-electron chi connectivity index (χ4n) is 2.45. The van der Waals surface area contributed by atoms with Crippen LogP contribution in [0.3, 0.4) is 0 Å². The molecule has 0 unspecified atom stereocenters. The van der Waals surface area contributed by atoms with Gasteiger partial charge in [0.05, 0.1) is 11.3 Å². The minimum absolute atomic E-state index is 0.125. The van der Waals surface area contributed by atoms with Crippen molar-refractivity contribution in [1.82, 2.24) is 18.8 Å². The molecule has 3 rings (SSSR count). The van der Waals surface area contributed by atoms with E-state index >= 15 is 0 Å². The van der Waals surface area contributed by atoms with Crippen LogP contribution in [-0.4, -0.2) is 40.3 Å². The highest BCUT2D eigenvalue weighted by Crippen LogP contribution is 2.30. The molecular formula is C12H16N4O2S2. The summed E-state index contributed by atoms with van der Waals surface area (Å²) < 4.78 is 28.3. The summed E-state index contributed by atoms with van der Waals surface area (Å²) in [6, 6.07) is 0. The molecule has 1 fully saturated rings. The van der Waals surface area contributed by atoms with Crippen LogP contribution in [0.15, 0.2) is 29.1 Å². The molecule has 0 saturated carbocycles. The number of aromatic nitrogens is 3. The zero-order chi connectivity index (χ0) is 14.2. The van der Waals surface area contributed by atoms with E-state index in [1.54, 1.807) is 35.3 Å². The predicted octanol–water partition coefficient (Wildman–Crippen LogP) is 1.44. The number of rotatable bonds is 3. The van der Waals surface area contributed by atoms with Gasteiger partial charge >= 0.3 is 0 Å². The largest absolute Gasteiger partial charge is 0.339 e. The average Bonchev–Trinajstić information content (AvgIpc) is 3.10. The third-order valence-corrected chi connectivity index (χ3v) is 6.16. The third-order valence-electron chi connectivity index (χ3n) is 3.47. The third kappa shape index (κ3) is 2.50. The lowest BCUT2D eigenvalue weighted by molar-refractivity contribution is 0.314. The van der Waals surface area contributed by atoms with Gasteiger partial charge in [-0.05, 0) is 12.8 Å². The van der Waals surface area contributed by atoms with Crippen molar-refractivity contribution in [2.24, 2.45) is 7.05 Å². The van der Waals surface area contributed by atoms with Gasteiger partial charge in [-0.2, -0.15) is 4.31 Å². The Morgan fingerprint density at radius 2 is 2.25 bits per heavy atom. The molecule has 0 radical (unpaired) electrons. The Hall–Kier alpha value is -1.25. The Balaban J connectivity index is 1.83. The summed E-state index contributed by atoms with van der Waals surface area (Å²) >= 11 is 1.59. The fourth-order valence-corrected chi connectivity index (χ4v) is 4.71. The molecule has 6 nitrogen and oxygen atoms in total. The molecule has 1 aliphatic heterocycles. The maximum atomic E-state index is 12.5. The zero-order valence-corrected chi connectivity index (χ0v) is 12.8. The number of hydrogen-bond donors (Lipinski definition) is 0. The summed E-state index contributed by atoms with van der Waals surface area (Å²) in [7, 11) is -1.72. The lowest BCUT2D eigenvalue weighted by Gasteiger charge is -2.30. The summed E-state index contributed by atoms with van der Waals surface area (Å²) in [6.45, 7) is 1.05. The lowest BCUT2D eigenvalue weighted by atomic mass is 10.0. The predicted molar refractivity (Wildman–Crippen MR) is 76.1 cm³/mol. The van der Waals surface area contributed by atoms with E-state index in [4.69, 9.17) is 0 Å². The molecule has 0 bridgehead atoms. The summed E-state index contributed by atoms with van der Waals surface area (Å²) in [5.41, 5.74) is 0. The highest BCUT2D eigenvalue weighted by atomic mass is 32.2. The monoisotopic (exact) mass is 312 g/mol. The van der Waals surface area contributed by atoms with E-state index in [2.05, 4.69) is 9.97 Å². The summed E-state index contributed by atoms with van der Waals surface area (Å²) in [6.07, 6.45) is 6.67. The summed E-state index contributed by atoms with van der Waals surface area (Å²) in [5.74, 6) is 0.197. The first-order valence-electron chi connectivity index (χ1n) is 6.45. The van der Waals surface area contributed by atoms with Crippen LogP contribution in [0.1, 0.15) is 23.8 Å². The quantitative estimate of drug-likeness (QED) is 0.860. The molecule has 2 aromatic rings. The standard InChI is InChI=1S/C12H16N4O2S2/c1-15-8-11(14-9-15)20(17,18)16-5-2-3-10(7-16)12-13-4-6-19-12/h4,6,8-10H,2-3,5,7H2,1H3/t10-/m1/s1. The lowest BCUT2D eigenvalue weighted by Crippen LogP contribution is -2.39. The van der Waals surface area contributed by atoms with Gasteiger partial charge in [0.25, 0.3) is 10.0 Å². The number of thiazole rings is 1. The molecule has 0 aliphatic carbocycles. The smallest absolute Gasteiger partial charge is 0.262 e. The van der Waals surface area contributed by atoms with Gasteiger partial charge in [0.1, 0.15) is 0 Å². The topological polar surface area (TPSA) is 68.1 Å². The van der Waals surface area contributed by atoms with Crippen molar-refractivity contribution in [2.45, 2.75) is 23.8 Å². The van der Waals surface area contributed by atoms with Crippen LogP contribution in [0.5, 0.6) is 0 Å². The molecule has 8 heteroatoms. The molecule has 2 aromatic heterocycles. The van der Waals surface area contributed by atoms with Crippen molar-refractivity contribution in [3.8, 4) is 0 Å². The molecule has 1 aliphatic rings. The maximum absolute atomic E-state index is 12.5. The Labute approximate surface area is 122 Å². The number of nitrogens with zero attached hydrogens (tertiary/aromatic N) is 4. The van der Waals surface area contributed by atoms with E-state index in [1.165, 1.54) is 10.6 Å². The van der Waals surface area contributed by atoms with Gasteiger partial charge in [0.2, 0.25) is 0 Å². The molecule has 0 spiro atoms. The molecule has 0 aromatic carbocycles. The van der Waals surface area contributed by atoms with Crippen molar-refractivity contribution in [2.75, 3.05) is 13.1 Å². The molecule has 1 saturated heterocycles. The number of hydrogen-bond acceptors (Lipinski definition) is 5. The molecule has 0 N–H and O–H groups in total. The minimum Gasteiger partial charge on any atom is -0.339 e. The summed E-state index contributed by atoms with van der Waals surface area (Å²) in [4.78, 5) is 8.28. The first-order chi connectivity index (χ1) is 9.57. The molecule has 108 valence electrons. The van der Waals surface area contributed by atoms with Gasteiger partial charge in [-0.15, -0.1) is 11.3 Å². The van der Waals surface area contributed by atoms with Crippen molar-refractivity contribution >= 4 is 21.4 Å². The van der Waals surface area contributed by atoms with Crippen molar-refractivity contribution in [3.63, 3.8) is 0 Å². The van der Waals surface area contributed by atoms with Crippen molar-refractivity contribution < 1.29 is 8.42 Å². The Morgan fingerprint density at radius 3 is 2.90 bits per heavy atom. The van der Waals surface area contributed by atoms with E-state index in [0.29, 0.717) is 13.1 Å². The van der Waals surface area contributed by atoms with E-state index in [-0.39, 0.29) is 10.9 Å². The van der Waals surface area contributed by atoms with Crippen molar-refractivity contribution in [1.29, 1.82) is 0 Å². The van der Waals surface area contributed by atoms with E-state index in [9.17, 15) is 8.42 Å². The van der Waals surface area contributed by atoms with Crippen LogP contribution >= 0.6 is 11.3 Å². The molecule has 1 atom stereocenters. The normalized spacial score (nSPS) is 21.1. The first-order valence-corrected chi connectivity index (χ1v) is 8.77. The van der Waals surface area contributed by atoms with E-state index in [0.717, 1.165) is 17.8 Å². The SMILES string of the molecule is Cn1cnc(S(=O)(=O)N2CCC[C@@H](c3nccs3)C2)c1. The van der Waals surface area contributed by atoms with Gasteiger partial charge in [0.15, 0.2) is 5.03 Å². The minimum atomic E-state index is -3.49. The van der Waals surface area contributed by atoms with Gasteiger partial charge in [-0.25, -0.2) is 18.4 Å². The fraction of sp³-hybridized carbons (Fsp3) is 0.500.